The van der Waals surface area contributed by atoms with Gasteiger partial charge in [0.2, 0.25) is 5.91 Å². The number of carbonyl (C=O) groups is 2. The zero-order chi connectivity index (χ0) is 27.0. The average molecular weight is 518 g/mol. The Morgan fingerprint density at radius 3 is 2.92 bits per heavy atom. The van der Waals surface area contributed by atoms with Crippen LogP contribution >= 0.6 is 0 Å². The normalized spacial score (nSPS) is 16.1. The number of likely N-dealkylation sites (tertiary alicyclic amines) is 1. The number of amides is 2. The van der Waals surface area contributed by atoms with Crippen LogP contribution in [0.25, 0.3) is 22.1 Å². The van der Waals surface area contributed by atoms with Crippen molar-refractivity contribution in [1.29, 1.82) is 0 Å². The van der Waals surface area contributed by atoms with E-state index in [9.17, 15) is 9.59 Å². The SMILES string of the molecule is Cc1ccc2oc(NC(=O)c3nn([C@@H]4CCN(C(=O)/C=C/CN(C)C(C)C)C4)c4ncnc(N)c34)nc2c1. The molecule has 5 rings (SSSR count). The summed E-state index contributed by atoms with van der Waals surface area (Å²) in [5, 5.41) is 7.61. The molecule has 0 unspecified atom stereocenters. The minimum absolute atomic E-state index is 0.0561. The quantitative estimate of drug-likeness (QED) is 0.353. The third kappa shape index (κ3) is 4.94. The molecule has 1 saturated heterocycles. The molecule has 1 aromatic carbocycles. The number of nitrogens with one attached hydrogen (secondary N) is 1. The van der Waals surface area contributed by atoms with Crippen molar-refractivity contribution in [2.24, 2.45) is 0 Å². The second-order valence-corrected chi connectivity index (χ2v) is 9.86. The van der Waals surface area contributed by atoms with Crippen molar-refractivity contribution in [3.8, 4) is 0 Å². The van der Waals surface area contributed by atoms with Crippen molar-refractivity contribution in [1.82, 2.24) is 34.5 Å². The van der Waals surface area contributed by atoms with E-state index >= 15 is 0 Å². The number of likely N-dealkylation sites (N-methyl/N-ethyl adjacent to an activating group) is 1. The van der Waals surface area contributed by atoms with E-state index in [0.29, 0.717) is 54.2 Å². The summed E-state index contributed by atoms with van der Waals surface area (Å²) in [5.41, 5.74) is 8.88. The number of nitrogen functional groups attached to an aromatic ring is 1. The molecule has 1 aliphatic heterocycles. The largest absolute Gasteiger partial charge is 0.423 e. The number of anilines is 2. The average Bonchev–Trinajstić information content (AvgIpc) is 3.60. The topological polar surface area (TPSA) is 148 Å². The molecule has 4 heterocycles. The summed E-state index contributed by atoms with van der Waals surface area (Å²) in [4.78, 5) is 42.7. The van der Waals surface area contributed by atoms with E-state index < -0.39 is 5.91 Å². The van der Waals surface area contributed by atoms with Crippen molar-refractivity contribution in [2.75, 3.05) is 37.7 Å². The van der Waals surface area contributed by atoms with Gasteiger partial charge in [-0.05, 0) is 51.9 Å². The Morgan fingerprint density at radius 1 is 1.32 bits per heavy atom. The van der Waals surface area contributed by atoms with Gasteiger partial charge in [0.1, 0.15) is 17.7 Å². The van der Waals surface area contributed by atoms with Crippen LogP contribution in [0.5, 0.6) is 0 Å². The molecule has 1 aliphatic rings. The lowest BCUT2D eigenvalue weighted by molar-refractivity contribution is -0.125. The molecule has 0 aliphatic carbocycles. The second-order valence-electron chi connectivity index (χ2n) is 9.86. The van der Waals surface area contributed by atoms with Crippen LogP contribution < -0.4 is 11.1 Å². The van der Waals surface area contributed by atoms with Crippen molar-refractivity contribution >= 4 is 45.8 Å². The second kappa shape index (κ2) is 10.2. The Morgan fingerprint density at radius 2 is 2.13 bits per heavy atom. The van der Waals surface area contributed by atoms with Crippen molar-refractivity contribution in [2.45, 2.75) is 39.3 Å². The maximum Gasteiger partial charge on any atom is 0.302 e. The molecule has 38 heavy (non-hydrogen) atoms. The number of rotatable bonds is 7. The number of oxazole rings is 1. The van der Waals surface area contributed by atoms with Crippen molar-refractivity contribution < 1.29 is 14.0 Å². The van der Waals surface area contributed by atoms with Gasteiger partial charge in [0.05, 0.1) is 11.4 Å². The first kappa shape index (κ1) is 25.3. The summed E-state index contributed by atoms with van der Waals surface area (Å²) in [6.07, 6.45) is 5.50. The summed E-state index contributed by atoms with van der Waals surface area (Å²) in [7, 11) is 2.01. The smallest absolute Gasteiger partial charge is 0.302 e. The predicted molar refractivity (Wildman–Crippen MR) is 144 cm³/mol. The number of nitrogens with two attached hydrogens (primary N) is 1. The highest BCUT2D eigenvalue weighted by atomic mass is 16.4. The molecule has 0 saturated carbocycles. The minimum atomic E-state index is -0.540. The molecule has 1 fully saturated rings. The summed E-state index contributed by atoms with van der Waals surface area (Å²) in [5.74, 6) is -0.455. The molecule has 0 radical (unpaired) electrons. The van der Waals surface area contributed by atoms with Gasteiger partial charge in [-0.2, -0.15) is 10.1 Å². The number of hydrogen-bond donors (Lipinski definition) is 2. The highest BCUT2D eigenvalue weighted by Gasteiger charge is 2.31. The summed E-state index contributed by atoms with van der Waals surface area (Å²) < 4.78 is 7.34. The highest BCUT2D eigenvalue weighted by Crippen LogP contribution is 2.29. The maximum atomic E-state index is 13.3. The van der Waals surface area contributed by atoms with E-state index in [0.717, 1.165) is 5.56 Å². The molecule has 3 N–H and O–H groups in total. The van der Waals surface area contributed by atoms with E-state index in [1.165, 1.54) is 6.33 Å². The Hall–Kier alpha value is -4.32. The van der Waals surface area contributed by atoms with Gasteiger partial charge in [0.25, 0.3) is 5.91 Å². The Kier molecular flexibility index (Phi) is 6.81. The van der Waals surface area contributed by atoms with E-state index in [-0.39, 0.29) is 29.5 Å². The van der Waals surface area contributed by atoms with E-state index in [1.54, 1.807) is 21.7 Å². The van der Waals surface area contributed by atoms with E-state index in [2.05, 4.69) is 44.1 Å². The van der Waals surface area contributed by atoms with Crippen molar-refractivity contribution in [3.63, 3.8) is 0 Å². The van der Waals surface area contributed by atoms with Gasteiger partial charge in [-0.3, -0.25) is 14.9 Å². The minimum Gasteiger partial charge on any atom is -0.423 e. The summed E-state index contributed by atoms with van der Waals surface area (Å²) >= 11 is 0. The van der Waals surface area contributed by atoms with Crippen molar-refractivity contribution in [3.05, 3.63) is 47.9 Å². The number of aryl methyl sites for hydroxylation is 1. The number of carbonyl (C=O) groups excluding carboxylic acids is 2. The van der Waals surface area contributed by atoms with Crippen LogP contribution in [-0.4, -0.2) is 79.1 Å². The highest BCUT2D eigenvalue weighted by molar-refractivity contribution is 6.12. The molecule has 3 aromatic heterocycles. The Bertz CT molecular complexity index is 1540. The molecule has 12 nitrogen and oxygen atoms in total. The van der Waals surface area contributed by atoms with Crippen LogP contribution in [0, 0.1) is 6.92 Å². The maximum absolute atomic E-state index is 13.3. The van der Waals surface area contributed by atoms with Crippen LogP contribution in [0.1, 0.15) is 42.4 Å². The van der Waals surface area contributed by atoms with Gasteiger partial charge in [0.15, 0.2) is 16.9 Å². The van der Waals surface area contributed by atoms with Crippen LogP contribution in [0.15, 0.2) is 41.1 Å². The zero-order valence-corrected chi connectivity index (χ0v) is 21.9. The molecule has 0 bridgehead atoms. The van der Waals surface area contributed by atoms with Gasteiger partial charge < -0.3 is 20.0 Å². The third-order valence-corrected chi connectivity index (χ3v) is 6.85. The van der Waals surface area contributed by atoms with Gasteiger partial charge in [-0.15, -0.1) is 0 Å². The molecule has 198 valence electrons. The van der Waals surface area contributed by atoms with Crippen LogP contribution in [0.2, 0.25) is 0 Å². The lowest BCUT2D eigenvalue weighted by Crippen LogP contribution is -2.29. The number of aromatic nitrogens is 5. The van der Waals surface area contributed by atoms with Crippen LogP contribution in [0.4, 0.5) is 11.8 Å². The first-order chi connectivity index (χ1) is 18.2. The van der Waals surface area contributed by atoms with E-state index in [4.69, 9.17) is 10.2 Å². The fraction of sp³-hybridized carbons (Fsp3) is 0.385. The first-order valence-corrected chi connectivity index (χ1v) is 12.5. The Labute approximate surface area is 219 Å². The van der Waals surface area contributed by atoms with E-state index in [1.807, 2.05) is 32.2 Å². The monoisotopic (exact) mass is 517 g/mol. The number of hydrogen-bond acceptors (Lipinski definition) is 9. The van der Waals surface area contributed by atoms with Gasteiger partial charge in [-0.1, -0.05) is 12.1 Å². The van der Waals surface area contributed by atoms with Gasteiger partial charge in [-0.25, -0.2) is 14.6 Å². The molecule has 1 atom stereocenters. The number of nitrogens with zero attached hydrogens (tertiary/aromatic N) is 7. The fourth-order valence-electron chi connectivity index (χ4n) is 4.43. The number of benzene rings is 1. The number of fused-ring (bicyclic) bond motifs is 2. The fourth-order valence-corrected chi connectivity index (χ4v) is 4.43. The third-order valence-electron chi connectivity index (χ3n) is 6.85. The lowest BCUT2D eigenvalue weighted by atomic mass is 10.2. The Balaban J connectivity index is 1.36. The first-order valence-electron chi connectivity index (χ1n) is 12.5. The molecular formula is C26H31N9O3. The zero-order valence-electron chi connectivity index (χ0n) is 21.9. The predicted octanol–water partition coefficient (Wildman–Crippen LogP) is 2.78. The summed E-state index contributed by atoms with van der Waals surface area (Å²) in [6.45, 7) is 7.86. The van der Waals surface area contributed by atoms with Gasteiger partial charge in [0, 0.05) is 31.8 Å². The van der Waals surface area contributed by atoms with Crippen LogP contribution in [-0.2, 0) is 4.79 Å². The summed E-state index contributed by atoms with van der Waals surface area (Å²) in [6, 6.07) is 5.86. The lowest BCUT2D eigenvalue weighted by Gasteiger charge is -2.19. The van der Waals surface area contributed by atoms with Crippen LogP contribution in [0.3, 0.4) is 0 Å². The molecule has 4 aromatic rings. The molecule has 0 spiro atoms. The molecule has 2 amide bonds. The molecule has 12 heteroatoms. The standard InChI is InChI=1S/C26H31N9O3/c1-15(2)33(4)10-5-6-20(36)34-11-9-17(13-34)35-24-21(23(27)28-14-29-24)22(32-35)25(37)31-26-30-18-12-16(3)7-8-19(18)38-26/h5-8,12,14-15,17H,9-11,13H2,1-4H3,(H2,27,28,29)(H,30,31,37)/b6-5+/t17-/m1/s1. The van der Waals surface area contributed by atoms with Gasteiger partial charge >= 0.3 is 6.01 Å². The molecular weight excluding hydrogens is 486 g/mol.